The van der Waals surface area contributed by atoms with Gasteiger partial charge in [-0.05, 0) is 36.8 Å². The molecule has 2 heterocycles. The topological polar surface area (TPSA) is 82.4 Å². The van der Waals surface area contributed by atoms with E-state index < -0.39 is 17.5 Å². The number of benzene rings is 2. The average Bonchev–Trinajstić information content (AvgIpc) is 2.69. The molecule has 1 saturated heterocycles. The van der Waals surface area contributed by atoms with Crippen molar-refractivity contribution in [3.63, 3.8) is 0 Å². The van der Waals surface area contributed by atoms with E-state index in [0.29, 0.717) is 34.3 Å². The monoisotopic (exact) mass is 418 g/mol. The highest BCUT2D eigenvalue weighted by atomic mass is 35.5. The number of halogens is 2. The number of carbonyl (C=O) groups is 1. The molecule has 0 amide bonds. The Morgan fingerprint density at radius 2 is 2.17 bits per heavy atom. The van der Waals surface area contributed by atoms with Crippen molar-refractivity contribution in [2.75, 3.05) is 24.6 Å². The van der Waals surface area contributed by atoms with E-state index in [2.05, 4.69) is 4.99 Å². The molecule has 4 rings (SSSR count). The van der Waals surface area contributed by atoms with Gasteiger partial charge in [0.15, 0.2) is 5.78 Å². The van der Waals surface area contributed by atoms with E-state index in [0.717, 1.165) is 0 Å². The third kappa shape index (κ3) is 3.99. The van der Waals surface area contributed by atoms with Crippen molar-refractivity contribution in [1.29, 1.82) is 0 Å². The summed E-state index contributed by atoms with van der Waals surface area (Å²) in [6, 6.07) is 9.61. The molecule has 2 aromatic rings. The summed E-state index contributed by atoms with van der Waals surface area (Å²) in [5.41, 5.74) is 0.149. The quantitative estimate of drug-likeness (QED) is 0.797. The number of aliphatic hydroxyl groups is 2. The summed E-state index contributed by atoms with van der Waals surface area (Å²) in [6.45, 7) is 0.235. The number of β-amino-alcohol motifs (C(OH)–C–C–N with tert-alkyl or cyclic N) is 1. The minimum Gasteiger partial charge on any atom is -0.490 e. The lowest BCUT2D eigenvalue weighted by Gasteiger charge is -2.42. The molecule has 1 fully saturated rings. The number of anilines is 1. The molecular weight excluding hydrogens is 399 g/mol. The third-order valence-electron chi connectivity index (χ3n) is 5.36. The Labute approximate surface area is 172 Å². The van der Waals surface area contributed by atoms with E-state index in [1.807, 2.05) is 0 Å². The lowest BCUT2D eigenvalue weighted by molar-refractivity contribution is -0.112. The van der Waals surface area contributed by atoms with Crippen LogP contribution in [0.3, 0.4) is 0 Å². The second kappa shape index (κ2) is 7.74. The zero-order chi connectivity index (χ0) is 20.6. The fourth-order valence-electron chi connectivity index (χ4n) is 3.64. The van der Waals surface area contributed by atoms with Crippen LogP contribution in [0.2, 0.25) is 5.02 Å². The molecule has 152 valence electrons. The molecule has 8 heteroatoms. The minimum atomic E-state index is -1.50. The number of hydrogen-bond donors (Lipinski definition) is 2. The van der Waals surface area contributed by atoms with E-state index in [1.54, 1.807) is 35.2 Å². The molecule has 0 radical (unpaired) electrons. The van der Waals surface area contributed by atoms with Crippen LogP contribution in [0, 0.1) is 5.82 Å². The number of fused-ring (bicyclic) bond motifs is 1. The van der Waals surface area contributed by atoms with Gasteiger partial charge in [0, 0.05) is 30.1 Å². The molecule has 0 spiro atoms. The van der Waals surface area contributed by atoms with Gasteiger partial charge in [-0.1, -0.05) is 17.7 Å². The average molecular weight is 419 g/mol. The Hall–Kier alpha value is -2.48. The first-order valence-corrected chi connectivity index (χ1v) is 9.65. The Balaban J connectivity index is 1.46. The van der Waals surface area contributed by atoms with Crippen molar-refractivity contribution in [2.24, 2.45) is 4.99 Å². The predicted octanol–water partition coefficient (Wildman–Crippen LogP) is 2.69. The maximum absolute atomic E-state index is 14.2. The number of Topliss-reactive ketones (excluding diaryl/α,β-unsaturated/α-hetero) is 1. The van der Waals surface area contributed by atoms with Crippen molar-refractivity contribution >= 4 is 35.0 Å². The summed E-state index contributed by atoms with van der Waals surface area (Å²) in [5, 5.41) is 21.8. The maximum Gasteiger partial charge on any atom is 0.178 e. The molecule has 0 unspecified atom stereocenters. The standard InChI is InChI=1S/C21H20ClFN2O4/c22-13-4-5-18(16(23)8-13)25-7-6-21(28,20(27)11-25)12-29-19-3-1-2-17-15(19)9-14(26)10-24-17/h1-5,8,10,20,27-28H,6-7,9,11-12H2/t20-,21-/m1/s1. The largest absolute Gasteiger partial charge is 0.490 e. The van der Waals surface area contributed by atoms with Gasteiger partial charge in [0.2, 0.25) is 0 Å². The number of aliphatic imine (C=N–C) groups is 1. The van der Waals surface area contributed by atoms with Crippen LogP contribution >= 0.6 is 11.6 Å². The number of nitrogens with zero attached hydrogens (tertiary/aromatic N) is 2. The molecule has 2 aromatic carbocycles. The Morgan fingerprint density at radius 3 is 2.93 bits per heavy atom. The fraction of sp³-hybridized carbons (Fsp3) is 0.333. The lowest BCUT2D eigenvalue weighted by atomic mass is 9.89. The summed E-state index contributed by atoms with van der Waals surface area (Å²) >= 11 is 5.79. The molecule has 2 N–H and O–H groups in total. The molecule has 2 aliphatic heterocycles. The lowest BCUT2D eigenvalue weighted by Crippen LogP contribution is -2.58. The van der Waals surface area contributed by atoms with Gasteiger partial charge in [0.1, 0.15) is 29.9 Å². The molecule has 6 nitrogen and oxygen atoms in total. The van der Waals surface area contributed by atoms with Gasteiger partial charge in [-0.2, -0.15) is 0 Å². The maximum atomic E-state index is 14.2. The molecule has 29 heavy (non-hydrogen) atoms. The minimum absolute atomic E-state index is 0.0497. The number of ketones is 1. The van der Waals surface area contributed by atoms with Gasteiger partial charge >= 0.3 is 0 Å². The van der Waals surface area contributed by atoms with Crippen molar-refractivity contribution < 1.29 is 24.1 Å². The molecule has 0 saturated carbocycles. The van der Waals surface area contributed by atoms with Crippen molar-refractivity contribution in [3.8, 4) is 5.75 Å². The van der Waals surface area contributed by atoms with E-state index in [-0.39, 0.29) is 31.8 Å². The van der Waals surface area contributed by atoms with Gasteiger partial charge in [-0.15, -0.1) is 0 Å². The van der Waals surface area contributed by atoms with E-state index in [9.17, 15) is 19.4 Å². The van der Waals surface area contributed by atoms with Crippen molar-refractivity contribution in [1.82, 2.24) is 0 Å². The predicted molar refractivity (Wildman–Crippen MR) is 108 cm³/mol. The fourth-order valence-corrected chi connectivity index (χ4v) is 3.80. The first-order chi connectivity index (χ1) is 13.9. The van der Waals surface area contributed by atoms with E-state index in [1.165, 1.54) is 12.3 Å². The van der Waals surface area contributed by atoms with Crippen LogP contribution in [-0.2, 0) is 11.2 Å². The Kier molecular flexibility index (Phi) is 5.29. The molecule has 0 bridgehead atoms. The zero-order valence-electron chi connectivity index (χ0n) is 15.5. The summed E-state index contributed by atoms with van der Waals surface area (Å²) in [5.74, 6) is -0.141. The van der Waals surface area contributed by atoms with Crippen LogP contribution < -0.4 is 9.64 Å². The smallest absolute Gasteiger partial charge is 0.178 e. The highest BCUT2D eigenvalue weighted by Gasteiger charge is 2.42. The molecular formula is C21H20ClFN2O4. The molecule has 2 aliphatic rings. The van der Waals surface area contributed by atoms with Crippen LogP contribution in [0.4, 0.5) is 15.8 Å². The number of hydrogen-bond acceptors (Lipinski definition) is 6. The number of rotatable bonds is 4. The summed E-state index contributed by atoms with van der Waals surface area (Å²) in [6.07, 6.45) is 0.502. The highest BCUT2D eigenvalue weighted by Crippen LogP contribution is 2.34. The number of ether oxygens (including phenoxy) is 1. The second-order valence-electron chi connectivity index (χ2n) is 7.35. The van der Waals surface area contributed by atoms with Gasteiger partial charge in [0.05, 0.1) is 17.6 Å². The van der Waals surface area contributed by atoms with Gasteiger partial charge in [0.25, 0.3) is 0 Å². The normalized spacial score (nSPS) is 23.8. The summed E-state index contributed by atoms with van der Waals surface area (Å²) < 4.78 is 20.0. The van der Waals surface area contributed by atoms with Gasteiger partial charge in [-0.25, -0.2) is 4.39 Å². The van der Waals surface area contributed by atoms with Crippen LogP contribution in [0.1, 0.15) is 12.0 Å². The Bertz CT molecular complexity index is 983. The van der Waals surface area contributed by atoms with Crippen molar-refractivity contribution in [3.05, 3.63) is 52.8 Å². The van der Waals surface area contributed by atoms with Gasteiger partial charge in [-0.3, -0.25) is 9.79 Å². The van der Waals surface area contributed by atoms with E-state index >= 15 is 0 Å². The SMILES string of the molecule is O=C1C=Nc2cccc(OC[C@]3(O)CCN(c4ccc(Cl)cc4F)C[C@H]3O)c2C1. The summed E-state index contributed by atoms with van der Waals surface area (Å²) in [7, 11) is 0. The molecule has 0 aliphatic carbocycles. The zero-order valence-corrected chi connectivity index (χ0v) is 16.3. The molecule has 2 atom stereocenters. The number of carbonyl (C=O) groups excluding carboxylic acids is 1. The van der Waals surface area contributed by atoms with Crippen molar-refractivity contribution in [2.45, 2.75) is 24.5 Å². The van der Waals surface area contributed by atoms with Crippen LogP contribution in [0.25, 0.3) is 0 Å². The summed E-state index contributed by atoms with van der Waals surface area (Å²) in [4.78, 5) is 17.5. The number of aliphatic hydroxyl groups excluding tert-OH is 1. The van der Waals surface area contributed by atoms with Gasteiger partial charge < -0.3 is 19.8 Å². The first-order valence-electron chi connectivity index (χ1n) is 9.28. The molecule has 0 aromatic heterocycles. The van der Waals surface area contributed by atoms with Crippen LogP contribution in [0.15, 0.2) is 41.4 Å². The highest BCUT2D eigenvalue weighted by molar-refractivity contribution is 6.30. The number of piperidine rings is 1. The van der Waals surface area contributed by atoms with Crippen LogP contribution in [0.5, 0.6) is 5.75 Å². The van der Waals surface area contributed by atoms with Crippen LogP contribution in [-0.4, -0.2) is 53.6 Å². The first kappa shape index (κ1) is 19.8. The van der Waals surface area contributed by atoms with E-state index in [4.69, 9.17) is 16.3 Å². The Morgan fingerprint density at radius 1 is 1.34 bits per heavy atom. The second-order valence-corrected chi connectivity index (χ2v) is 7.79. The third-order valence-corrected chi connectivity index (χ3v) is 5.60.